The highest BCUT2D eigenvalue weighted by atomic mass is 32.1. The quantitative estimate of drug-likeness (QED) is 0.907. The van der Waals surface area contributed by atoms with E-state index in [0.29, 0.717) is 15.6 Å². The van der Waals surface area contributed by atoms with Crippen LogP contribution in [0, 0.1) is 12.7 Å². The Hall–Kier alpha value is -2.28. The maximum Gasteiger partial charge on any atom is 0.266 e. The Morgan fingerprint density at radius 3 is 2.40 bits per heavy atom. The number of carbonyl (C=O) groups is 2. The third kappa shape index (κ3) is 5.09. The summed E-state index contributed by atoms with van der Waals surface area (Å²) in [6.45, 7) is 7.37. The van der Waals surface area contributed by atoms with Crippen molar-refractivity contribution in [3.63, 3.8) is 0 Å². The van der Waals surface area contributed by atoms with Gasteiger partial charge in [0.05, 0.1) is 12.2 Å². The third-order valence-electron chi connectivity index (χ3n) is 3.32. The number of nitrogens with zero attached hydrogens (tertiary/aromatic N) is 2. The van der Waals surface area contributed by atoms with E-state index in [1.165, 1.54) is 28.4 Å². The maximum absolute atomic E-state index is 13.0. The van der Waals surface area contributed by atoms with E-state index in [-0.39, 0.29) is 29.7 Å². The number of halogens is 1. The van der Waals surface area contributed by atoms with Gasteiger partial charge in [0, 0.05) is 18.2 Å². The Morgan fingerprint density at radius 1 is 1.24 bits per heavy atom. The molecule has 134 valence electrons. The maximum atomic E-state index is 13.0. The average Bonchev–Trinajstić information content (AvgIpc) is 2.87. The molecular formula is C18H22FN3O2S. The van der Waals surface area contributed by atoms with Crippen molar-refractivity contribution in [2.45, 2.75) is 33.2 Å². The minimum atomic E-state index is -0.350. The SMILES string of the molecule is Cc1nc(-c2ccc(F)cc2)sc1C(=O)N(C)CC(=O)NC(C)(C)C. The van der Waals surface area contributed by atoms with Gasteiger partial charge in [-0.1, -0.05) is 0 Å². The van der Waals surface area contributed by atoms with Gasteiger partial charge in [-0.15, -0.1) is 11.3 Å². The first kappa shape index (κ1) is 19.1. The summed E-state index contributed by atoms with van der Waals surface area (Å²) in [4.78, 5) is 30.9. The Bertz CT molecular complexity index is 779. The van der Waals surface area contributed by atoms with Crippen molar-refractivity contribution >= 4 is 23.2 Å². The number of benzene rings is 1. The summed E-state index contributed by atoms with van der Waals surface area (Å²) in [6.07, 6.45) is 0. The molecule has 0 aliphatic rings. The molecule has 0 bridgehead atoms. The first-order valence-corrected chi connectivity index (χ1v) is 8.68. The molecule has 0 aliphatic heterocycles. The molecule has 1 aromatic carbocycles. The second-order valence-electron chi connectivity index (χ2n) is 6.90. The van der Waals surface area contributed by atoms with Gasteiger partial charge in [-0.2, -0.15) is 0 Å². The summed E-state index contributed by atoms with van der Waals surface area (Å²) in [6, 6.07) is 5.97. The number of aryl methyl sites for hydroxylation is 1. The van der Waals surface area contributed by atoms with Gasteiger partial charge in [0.25, 0.3) is 5.91 Å². The van der Waals surface area contributed by atoms with Crippen LogP contribution in [0.4, 0.5) is 4.39 Å². The Morgan fingerprint density at radius 2 is 1.84 bits per heavy atom. The molecule has 0 saturated carbocycles. The van der Waals surface area contributed by atoms with E-state index in [0.717, 1.165) is 5.56 Å². The van der Waals surface area contributed by atoms with Crippen LogP contribution in [0.2, 0.25) is 0 Å². The van der Waals surface area contributed by atoms with Gasteiger partial charge in [-0.05, 0) is 52.0 Å². The van der Waals surface area contributed by atoms with Crippen LogP contribution in [0.1, 0.15) is 36.1 Å². The van der Waals surface area contributed by atoms with Crippen LogP contribution in [0.15, 0.2) is 24.3 Å². The van der Waals surface area contributed by atoms with E-state index < -0.39 is 0 Å². The number of hydrogen-bond acceptors (Lipinski definition) is 4. The molecule has 1 aromatic heterocycles. The van der Waals surface area contributed by atoms with Crippen molar-refractivity contribution < 1.29 is 14.0 Å². The van der Waals surface area contributed by atoms with Crippen molar-refractivity contribution in [2.75, 3.05) is 13.6 Å². The van der Waals surface area contributed by atoms with Crippen molar-refractivity contribution in [2.24, 2.45) is 0 Å². The number of likely N-dealkylation sites (N-methyl/N-ethyl adjacent to an activating group) is 1. The number of aromatic nitrogens is 1. The lowest BCUT2D eigenvalue weighted by Gasteiger charge is -2.23. The Balaban J connectivity index is 2.14. The topological polar surface area (TPSA) is 62.3 Å². The van der Waals surface area contributed by atoms with Crippen LogP contribution in [-0.2, 0) is 4.79 Å². The summed E-state index contributed by atoms with van der Waals surface area (Å²) in [7, 11) is 1.58. The minimum absolute atomic E-state index is 0.0284. The molecule has 1 heterocycles. The molecule has 0 radical (unpaired) electrons. The van der Waals surface area contributed by atoms with Gasteiger partial charge < -0.3 is 10.2 Å². The molecule has 1 N–H and O–H groups in total. The average molecular weight is 363 g/mol. The van der Waals surface area contributed by atoms with E-state index >= 15 is 0 Å². The second kappa shape index (κ2) is 7.31. The molecule has 0 unspecified atom stereocenters. The Labute approximate surface area is 150 Å². The predicted octanol–water partition coefficient (Wildman–Crippen LogP) is 3.24. The van der Waals surface area contributed by atoms with Gasteiger partial charge >= 0.3 is 0 Å². The van der Waals surface area contributed by atoms with E-state index in [9.17, 15) is 14.0 Å². The molecule has 0 aliphatic carbocycles. The molecule has 0 saturated heterocycles. The highest BCUT2D eigenvalue weighted by molar-refractivity contribution is 7.17. The number of carbonyl (C=O) groups excluding carboxylic acids is 2. The fourth-order valence-corrected chi connectivity index (χ4v) is 3.30. The number of thiazole rings is 1. The van der Waals surface area contributed by atoms with E-state index in [1.54, 1.807) is 26.1 Å². The fourth-order valence-electron chi connectivity index (χ4n) is 2.23. The molecule has 7 heteroatoms. The fraction of sp³-hybridized carbons (Fsp3) is 0.389. The molecule has 0 fully saturated rings. The Kier molecular flexibility index (Phi) is 5.57. The standard InChI is InChI=1S/C18H22FN3O2S/c1-11-15(17(24)22(5)10-14(23)21-18(2,3)4)25-16(20-11)12-6-8-13(19)9-7-12/h6-9H,10H2,1-5H3,(H,21,23). The lowest BCUT2D eigenvalue weighted by atomic mass is 10.1. The molecule has 0 spiro atoms. The van der Waals surface area contributed by atoms with Gasteiger partial charge in [-0.3, -0.25) is 9.59 Å². The van der Waals surface area contributed by atoms with Gasteiger partial charge in [0.15, 0.2) is 0 Å². The summed E-state index contributed by atoms with van der Waals surface area (Å²) in [5, 5.41) is 3.47. The zero-order chi connectivity index (χ0) is 18.8. The van der Waals surface area contributed by atoms with Crippen molar-refractivity contribution in [1.29, 1.82) is 0 Å². The molecule has 0 atom stereocenters. The summed E-state index contributed by atoms with van der Waals surface area (Å²) in [5.74, 6) is -0.797. The monoisotopic (exact) mass is 363 g/mol. The molecular weight excluding hydrogens is 341 g/mol. The van der Waals surface area contributed by atoms with Gasteiger partial charge in [0.2, 0.25) is 5.91 Å². The number of amides is 2. The van der Waals surface area contributed by atoms with Crippen LogP contribution in [0.5, 0.6) is 0 Å². The normalized spacial score (nSPS) is 11.3. The van der Waals surface area contributed by atoms with Crippen LogP contribution >= 0.6 is 11.3 Å². The van der Waals surface area contributed by atoms with E-state index in [1.807, 2.05) is 20.8 Å². The molecule has 25 heavy (non-hydrogen) atoms. The first-order valence-electron chi connectivity index (χ1n) is 7.86. The third-order valence-corrected chi connectivity index (χ3v) is 4.52. The summed E-state index contributed by atoms with van der Waals surface area (Å²) in [5.41, 5.74) is 0.996. The molecule has 5 nitrogen and oxygen atoms in total. The predicted molar refractivity (Wildman–Crippen MR) is 97.1 cm³/mol. The van der Waals surface area contributed by atoms with Gasteiger partial charge in [-0.25, -0.2) is 9.37 Å². The zero-order valence-corrected chi connectivity index (χ0v) is 15.8. The minimum Gasteiger partial charge on any atom is -0.350 e. The lowest BCUT2D eigenvalue weighted by Crippen LogP contribution is -2.46. The number of rotatable bonds is 4. The van der Waals surface area contributed by atoms with Crippen LogP contribution in [-0.4, -0.2) is 40.8 Å². The van der Waals surface area contributed by atoms with Crippen molar-refractivity contribution in [3.8, 4) is 10.6 Å². The van der Waals surface area contributed by atoms with E-state index in [2.05, 4.69) is 10.3 Å². The molecule has 2 aromatic rings. The number of nitrogens with one attached hydrogen (secondary N) is 1. The molecule has 2 rings (SSSR count). The van der Waals surface area contributed by atoms with E-state index in [4.69, 9.17) is 0 Å². The first-order chi connectivity index (χ1) is 11.6. The van der Waals surface area contributed by atoms with Crippen LogP contribution in [0.3, 0.4) is 0 Å². The molecule has 2 amide bonds. The number of hydrogen-bond donors (Lipinski definition) is 1. The van der Waals surface area contributed by atoms with Gasteiger partial charge in [0.1, 0.15) is 15.7 Å². The zero-order valence-electron chi connectivity index (χ0n) is 15.0. The lowest BCUT2D eigenvalue weighted by molar-refractivity contribution is -0.122. The highest BCUT2D eigenvalue weighted by Gasteiger charge is 2.22. The second-order valence-corrected chi connectivity index (χ2v) is 7.90. The summed E-state index contributed by atoms with van der Waals surface area (Å²) >= 11 is 1.24. The smallest absolute Gasteiger partial charge is 0.266 e. The highest BCUT2D eigenvalue weighted by Crippen LogP contribution is 2.28. The van der Waals surface area contributed by atoms with Crippen LogP contribution < -0.4 is 5.32 Å². The van der Waals surface area contributed by atoms with Crippen molar-refractivity contribution in [3.05, 3.63) is 40.7 Å². The van der Waals surface area contributed by atoms with Crippen LogP contribution in [0.25, 0.3) is 10.6 Å². The largest absolute Gasteiger partial charge is 0.350 e. The summed E-state index contributed by atoms with van der Waals surface area (Å²) < 4.78 is 13.0. The van der Waals surface area contributed by atoms with Crippen molar-refractivity contribution in [1.82, 2.24) is 15.2 Å².